The first kappa shape index (κ1) is 17.7. The van der Waals surface area contributed by atoms with E-state index in [-0.39, 0.29) is 0 Å². The van der Waals surface area contributed by atoms with E-state index in [1.54, 1.807) is 12.1 Å². The lowest BCUT2D eigenvalue weighted by atomic mass is 10.1. The van der Waals surface area contributed by atoms with Crippen LogP contribution in [0.25, 0.3) is 0 Å². The Morgan fingerprint density at radius 2 is 1.69 bits per heavy atom. The molecular formula is C19H17F3N4. The number of halogens is 3. The van der Waals surface area contributed by atoms with E-state index >= 15 is 0 Å². The van der Waals surface area contributed by atoms with Gasteiger partial charge in [0.15, 0.2) is 0 Å². The van der Waals surface area contributed by atoms with Gasteiger partial charge in [0.2, 0.25) is 0 Å². The van der Waals surface area contributed by atoms with Crippen molar-refractivity contribution in [3.8, 4) is 0 Å². The van der Waals surface area contributed by atoms with E-state index in [4.69, 9.17) is 0 Å². The molecule has 0 radical (unpaired) electrons. The Balaban J connectivity index is 1.71. The molecule has 0 saturated heterocycles. The molecule has 0 atom stereocenters. The van der Waals surface area contributed by atoms with Crippen LogP contribution in [0, 0.1) is 6.92 Å². The van der Waals surface area contributed by atoms with Crippen molar-refractivity contribution in [1.82, 2.24) is 9.97 Å². The van der Waals surface area contributed by atoms with Crippen molar-refractivity contribution in [2.75, 3.05) is 10.6 Å². The minimum Gasteiger partial charge on any atom is -0.366 e. The van der Waals surface area contributed by atoms with Crippen molar-refractivity contribution in [3.05, 3.63) is 77.6 Å². The van der Waals surface area contributed by atoms with Crippen molar-refractivity contribution in [1.29, 1.82) is 0 Å². The Labute approximate surface area is 149 Å². The molecule has 0 aliphatic rings. The number of hydrogen-bond acceptors (Lipinski definition) is 4. The smallest absolute Gasteiger partial charge is 0.366 e. The molecule has 2 N–H and O–H groups in total. The predicted octanol–water partition coefficient (Wildman–Crippen LogP) is 5.16. The quantitative estimate of drug-likeness (QED) is 0.661. The average Bonchev–Trinajstić information content (AvgIpc) is 2.61. The summed E-state index contributed by atoms with van der Waals surface area (Å²) in [5, 5.41) is 6.07. The number of aryl methyl sites for hydroxylation is 1. The number of nitrogens with zero attached hydrogens (tertiary/aromatic N) is 2. The number of benzene rings is 2. The lowest BCUT2D eigenvalue weighted by Crippen LogP contribution is -2.06. The van der Waals surface area contributed by atoms with Crippen LogP contribution in [0.1, 0.15) is 16.7 Å². The highest BCUT2D eigenvalue weighted by atomic mass is 19.4. The van der Waals surface area contributed by atoms with E-state index in [0.29, 0.717) is 23.9 Å². The molecule has 0 amide bonds. The summed E-state index contributed by atoms with van der Waals surface area (Å²) in [6, 6.07) is 14.6. The Kier molecular flexibility index (Phi) is 5.06. The van der Waals surface area contributed by atoms with Gasteiger partial charge in [-0.15, -0.1) is 0 Å². The number of aromatic nitrogens is 2. The summed E-state index contributed by atoms with van der Waals surface area (Å²) in [4.78, 5) is 8.20. The lowest BCUT2D eigenvalue weighted by molar-refractivity contribution is -0.137. The summed E-state index contributed by atoms with van der Waals surface area (Å²) in [5.74, 6) is 0.990. The molecule has 0 aliphatic carbocycles. The second-order valence-electron chi connectivity index (χ2n) is 5.77. The number of hydrogen-bond donors (Lipinski definition) is 2. The minimum atomic E-state index is -4.39. The van der Waals surface area contributed by atoms with Gasteiger partial charge in [0.05, 0.1) is 5.56 Å². The van der Waals surface area contributed by atoms with Gasteiger partial charge in [-0.2, -0.15) is 13.2 Å². The van der Waals surface area contributed by atoms with E-state index in [1.165, 1.54) is 12.4 Å². The molecule has 0 spiro atoms. The summed E-state index contributed by atoms with van der Waals surface area (Å²) in [6.45, 7) is 2.62. The Bertz CT molecular complexity index is 894. The van der Waals surface area contributed by atoms with Gasteiger partial charge in [0.25, 0.3) is 0 Å². The third kappa shape index (κ3) is 4.50. The molecule has 7 heteroatoms. The summed E-state index contributed by atoms with van der Waals surface area (Å²) >= 11 is 0. The van der Waals surface area contributed by atoms with Crippen LogP contribution in [0.2, 0.25) is 0 Å². The fourth-order valence-electron chi connectivity index (χ4n) is 2.44. The number of anilines is 3. The third-order valence-electron chi connectivity index (χ3n) is 3.85. The zero-order chi connectivity index (χ0) is 18.6. The van der Waals surface area contributed by atoms with Crippen molar-refractivity contribution in [2.24, 2.45) is 0 Å². The van der Waals surface area contributed by atoms with Gasteiger partial charge in [-0.3, -0.25) is 0 Å². The monoisotopic (exact) mass is 358 g/mol. The van der Waals surface area contributed by atoms with Crippen LogP contribution in [0.4, 0.5) is 30.5 Å². The van der Waals surface area contributed by atoms with E-state index in [0.717, 1.165) is 23.3 Å². The maximum Gasteiger partial charge on any atom is 0.416 e. The first-order chi connectivity index (χ1) is 12.4. The molecular weight excluding hydrogens is 341 g/mol. The topological polar surface area (TPSA) is 49.8 Å². The normalized spacial score (nSPS) is 11.2. The molecule has 3 aromatic rings. The van der Waals surface area contributed by atoms with Gasteiger partial charge in [-0.25, -0.2) is 9.97 Å². The van der Waals surface area contributed by atoms with Crippen LogP contribution in [-0.2, 0) is 12.7 Å². The van der Waals surface area contributed by atoms with Gasteiger partial charge < -0.3 is 10.6 Å². The van der Waals surface area contributed by atoms with Gasteiger partial charge in [-0.05, 0) is 36.2 Å². The summed E-state index contributed by atoms with van der Waals surface area (Å²) in [6.07, 6.45) is -3.03. The zero-order valence-corrected chi connectivity index (χ0v) is 14.0. The van der Waals surface area contributed by atoms with Crippen LogP contribution in [0.15, 0.2) is 60.9 Å². The van der Waals surface area contributed by atoms with Crippen LogP contribution >= 0.6 is 0 Å². The second kappa shape index (κ2) is 7.43. The lowest BCUT2D eigenvalue weighted by Gasteiger charge is -2.11. The highest BCUT2D eigenvalue weighted by Crippen LogP contribution is 2.31. The molecule has 1 aromatic heterocycles. The van der Waals surface area contributed by atoms with Crippen molar-refractivity contribution in [3.63, 3.8) is 0 Å². The average molecular weight is 358 g/mol. The van der Waals surface area contributed by atoms with E-state index in [1.807, 2.05) is 31.2 Å². The summed E-state index contributed by atoms with van der Waals surface area (Å²) < 4.78 is 38.4. The van der Waals surface area contributed by atoms with E-state index in [9.17, 15) is 13.2 Å². The minimum absolute atomic E-state index is 0.309. The first-order valence-electron chi connectivity index (χ1n) is 7.96. The van der Waals surface area contributed by atoms with Gasteiger partial charge in [0.1, 0.15) is 18.0 Å². The highest BCUT2D eigenvalue weighted by Gasteiger charge is 2.30. The fourth-order valence-corrected chi connectivity index (χ4v) is 2.44. The molecule has 0 aliphatic heterocycles. The maximum atomic E-state index is 12.8. The summed E-state index contributed by atoms with van der Waals surface area (Å²) in [7, 11) is 0. The Morgan fingerprint density at radius 3 is 2.46 bits per heavy atom. The highest BCUT2D eigenvalue weighted by molar-refractivity contribution is 5.59. The molecule has 134 valence electrons. The molecule has 4 nitrogen and oxygen atoms in total. The van der Waals surface area contributed by atoms with Gasteiger partial charge >= 0.3 is 6.18 Å². The number of rotatable bonds is 5. The van der Waals surface area contributed by atoms with E-state index in [2.05, 4.69) is 20.6 Å². The zero-order valence-electron chi connectivity index (χ0n) is 14.0. The van der Waals surface area contributed by atoms with Crippen LogP contribution < -0.4 is 10.6 Å². The SMILES string of the molecule is Cc1ccccc1CNc1cc(Nc2cccc(C(F)(F)F)c2)ncn1. The predicted molar refractivity (Wildman–Crippen MR) is 95.3 cm³/mol. The second-order valence-corrected chi connectivity index (χ2v) is 5.77. The van der Waals surface area contributed by atoms with Crippen LogP contribution in [0.5, 0.6) is 0 Å². The molecule has 1 heterocycles. The number of alkyl halides is 3. The summed E-state index contributed by atoms with van der Waals surface area (Å²) in [5.41, 5.74) is 1.90. The Hall–Kier alpha value is -3.09. The molecule has 3 rings (SSSR count). The first-order valence-corrected chi connectivity index (χ1v) is 7.96. The molecule has 0 bridgehead atoms. The number of nitrogens with one attached hydrogen (secondary N) is 2. The molecule has 0 fully saturated rings. The fraction of sp³-hybridized carbons (Fsp3) is 0.158. The van der Waals surface area contributed by atoms with E-state index < -0.39 is 11.7 Å². The van der Waals surface area contributed by atoms with Crippen molar-refractivity contribution < 1.29 is 13.2 Å². The maximum absolute atomic E-state index is 12.8. The molecule has 2 aromatic carbocycles. The Morgan fingerprint density at radius 1 is 0.923 bits per heavy atom. The third-order valence-corrected chi connectivity index (χ3v) is 3.85. The molecule has 0 unspecified atom stereocenters. The standard InChI is InChI=1S/C19H17F3N4/c1-13-5-2-3-6-14(13)11-23-17-10-18(25-12-24-17)26-16-8-4-7-15(9-16)19(20,21)22/h2-10,12H,11H2,1H3,(H2,23,24,25,26). The van der Waals surface area contributed by atoms with Crippen molar-refractivity contribution >= 4 is 17.3 Å². The molecule has 0 saturated carbocycles. The molecule has 26 heavy (non-hydrogen) atoms. The largest absolute Gasteiger partial charge is 0.416 e. The van der Waals surface area contributed by atoms with Gasteiger partial charge in [0, 0.05) is 18.3 Å². The van der Waals surface area contributed by atoms with Gasteiger partial charge in [-0.1, -0.05) is 30.3 Å². The van der Waals surface area contributed by atoms with Crippen molar-refractivity contribution in [2.45, 2.75) is 19.6 Å². The van der Waals surface area contributed by atoms with Crippen LogP contribution in [-0.4, -0.2) is 9.97 Å². The van der Waals surface area contributed by atoms with Crippen LogP contribution in [0.3, 0.4) is 0 Å².